The topological polar surface area (TPSA) is 60.3 Å². The second-order valence-corrected chi connectivity index (χ2v) is 5.98. The maximum Gasteiger partial charge on any atom is 0.253 e. The molecule has 0 aliphatic carbocycles. The molecule has 0 unspecified atom stereocenters. The van der Waals surface area contributed by atoms with E-state index in [4.69, 9.17) is 4.74 Å². The summed E-state index contributed by atoms with van der Waals surface area (Å²) in [6, 6.07) is 13.3. The molecule has 0 saturated carbocycles. The van der Waals surface area contributed by atoms with Crippen LogP contribution in [0.4, 0.5) is 0 Å². The Morgan fingerprint density at radius 2 is 1.84 bits per heavy atom. The van der Waals surface area contributed by atoms with Gasteiger partial charge in [-0.05, 0) is 30.7 Å². The Balaban J connectivity index is 1.91. The Kier molecular flexibility index (Phi) is 4.57. The van der Waals surface area contributed by atoms with Gasteiger partial charge < -0.3 is 10.1 Å². The molecule has 1 heterocycles. The quantitative estimate of drug-likeness (QED) is 0.792. The van der Waals surface area contributed by atoms with E-state index in [1.807, 2.05) is 31.2 Å². The molecule has 25 heavy (non-hydrogen) atoms. The summed E-state index contributed by atoms with van der Waals surface area (Å²) in [7, 11) is 1.57. The largest absolute Gasteiger partial charge is 0.497 e. The van der Waals surface area contributed by atoms with Crippen LogP contribution in [0.15, 0.2) is 48.7 Å². The highest BCUT2D eigenvalue weighted by atomic mass is 16.5. The number of carbonyl (C=O) groups excluding carboxylic acids is 2. The summed E-state index contributed by atoms with van der Waals surface area (Å²) in [5.74, 6) is 0.271. The van der Waals surface area contributed by atoms with Crippen LogP contribution in [0.1, 0.15) is 33.2 Å². The fourth-order valence-electron chi connectivity index (χ4n) is 2.76. The zero-order chi connectivity index (χ0) is 18.0. The average Bonchev–Trinajstić information content (AvgIpc) is 3.00. The third-order valence-electron chi connectivity index (χ3n) is 4.17. The second kappa shape index (κ2) is 6.81. The normalized spacial score (nSPS) is 10.7. The van der Waals surface area contributed by atoms with Crippen LogP contribution >= 0.6 is 0 Å². The van der Waals surface area contributed by atoms with Crippen molar-refractivity contribution in [2.45, 2.75) is 20.4 Å². The number of hydrogen-bond donors (Lipinski definition) is 1. The maximum atomic E-state index is 12.7. The number of carbonyl (C=O) groups is 2. The van der Waals surface area contributed by atoms with Gasteiger partial charge in [0.25, 0.3) is 5.91 Å². The highest BCUT2D eigenvalue weighted by molar-refractivity contribution is 6.09. The molecule has 0 aliphatic heterocycles. The molecule has 0 aliphatic rings. The van der Waals surface area contributed by atoms with Crippen molar-refractivity contribution < 1.29 is 14.3 Å². The van der Waals surface area contributed by atoms with Gasteiger partial charge in [-0.25, -0.2) is 0 Å². The van der Waals surface area contributed by atoms with Crippen LogP contribution in [-0.2, 0) is 6.54 Å². The molecule has 0 fully saturated rings. The van der Waals surface area contributed by atoms with Crippen molar-refractivity contribution >= 4 is 22.7 Å². The van der Waals surface area contributed by atoms with Gasteiger partial charge in [-0.3, -0.25) is 14.2 Å². The number of aryl methyl sites for hydroxylation is 1. The van der Waals surface area contributed by atoms with Gasteiger partial charge in [-0.2, -0.15) is 0 Å². The number of hydrogen-bond acceptors (Lipinski definition) is 3. The number of aromatic nitrogens is 1. The van der Waals surface area contributed by atoms with Crippen molar-refractivity contribution in [2.24, 2.45) is 0 Å². The molecule has 0 spiro atoms. The summed E-state index contributed by atoms with van der Waals surface area (Å²) in [5.41, 5.74) is 3.34. The van der Waals surface area contributed by atoms with E-state index in [9.17, 15) is 9.59 Å². The minimum Gasteiger partial charge on any atom is -0.497 e. The first-order valence-corrected chi connectivity index (χ1v) is 8.03. The van der Waals surface area contributed by atoms with E-state index in [1.165, 1.54) is 17.1 Å². The van der Waals surface area contributed by atoms with Gasteiger partial charge in [-0.1, -0.05) is 29.8 Å². The van der Waals surface area contributed by atoms with Gasteiger partial charge >= 0.3 is 0 Å². The lowest BCUT2D eigenvalue weighted by atomic mass is 10.1. The van der Waals surface area contributed by atoms with Crippen LogP contribution < -0.4 is 10.1 Å². The predicted octanol–water partition coefficient (Wildman–Crippen LogP) is 3.55. The highest BCUT2D eigenvalue weighted by Crippen LogP contribution is 2.26. The van der Waals surface area contributed by atoms with Crippen LogP contribution in [-0.4, -0.2) is 23.5 Å². The molecule has 1 amide bonds. The fourth-order valence-corrected chi connectivity index (χ4v) is 2.76. The standard InChI is InChI=1S/C20H20N2O3/c1-13-4-6-15(7-5-13)11-21-20(24)18-12-22(14(2)23)19-9-8-16(25-3)10-17(18)19/h4-10,12H,11H2,1-3H3,(H,21,24). The Morgan fingerprint density at radius 1 is 1.12 bits per heavy atom. The molecule has 0 saturated heterocycles. The van der Waals surface area contributed by atoms with Gasteiger partial charge in [0.15, 0.2) is 0 Å². The number of amides is 1. The van der Waals surface area contributed by atoms with Crippen LogP contribution in [0, 0.1) is 6.92 Å². The smallest absolute Gasteiger partial charge is 0.253 e. The van der Waals surface area contributed by atoms with Crippen molar-refractivity contribution in [2.75, 3.05) is 7.11 Å². The third kappa shape index (κ3) is 3.40. The van der Waals surface area contributed by atoms with Gasteiger partial charge in [-0.15, -0.1) is 0 Å². The van der Waals surface area contributed by atoms with Gasteiger partial charge in [0.05, 0.1) is 18.2 Å². The first-order chi connectivity index (χ1) is 12.0. The van der Waals surface area contributed by atoms with Crippen molar-refractivity contribution in [3.05, 3.63) is 65.4 Å². The van der Waals surface area contributed by atoms with E-state index in [2.05, 4.69) is 5.32 Å². The average molecular weight is 336 g/mol. The summed E-state index contributed by atoms with van der Waals surface area (Å²) in [6.07, 6.45) is 1.58. The highest BCUT2D eigenvalue weighted by Gasteiger charge is 2.17. The minimum atomic E-state index is -0.223. The monoisotopic (exact) mass is 336 g/mol. The molecule has 3 rings (SSSR count). The van der Waals surface area contributed by atoms with E-state index in [0.717, 1.165) is 5.56 Å². The van der Waals surface area contributed by atoms with Crippen molar-refractivity contribution in [1.82, 2.24) is 9.88 Å². The van der Waals surface area contributed by atoms with Crippen LogP contribution in [0.5, 0.6) is 5.75 Å². The van der Waals surface area contributed by atoms with Gasteiger partial charge in [0.1, 0.15) is 5.75 Å². The molecular weight excluding hydrogens is 316 g/mol. The van der Waals surface area contributed by atoms with E-state index in [-0.39, 0.29) is 11.8 Å². The Hall–Kier alpha value is -3.08. The molecule has 128 valence electrons. The summed E-state index contributed by atoms with van der Waals surface area (Å²) >= 11 is 0. The summed E-state index contributed by atoms with van der Waals surface area (Å²) in [5, 5.41) is 3.60. The predicted molar refractivity (Wildman–Crippen MR) is 97.1 cm³/mol. The second-order valence-electron chi connectivity index (χ2n) is 5.98. The number of fused-ring (bicyclic) bond motifs is 1. The third-order valence-corrected chi connectivity index (χ3v) is 4.17. The number of rotatable bonds is 4. The lowest BCUT2D eigenvalue weighted by Gasteiger charge is -2.05. The molecular formula is C20H20N2O3. The Labute approximate surface area is 146 Å². The van der Waals surface area contributed by atoms with Crippen LogP contribution in [0.2, 0.25) is 0 Å². The molecule has 5 heteroatoms. The molecule has 2 aromatic carbocycles. The zero-order valence-electron chi connectivity index (χ0n) is 14.5. The first-order valence-electron chi connectivity index (χ1n) is 8.03. The van der Waals surface area contributed by atoms with Crippen LogP contribution in [0.25, 0.3) is 10.9 Å². The van der Waals surface area contributed by atoms with Gasteiger partial charge in [0, 0.05) is 25.1 Å². The van der Waals surface area contributed by atoms with E-state index < -0.39 is 0 Å². The van der Waals surface area contributed by atoms with E-state index >= 15 is 0 Å². The van der Waals surface area contributed by atoms with E-state index in [1.54, 1.807) is 31.5 Å². The molecule has 0 radical (unpaired) electrons. The lowest BCUT2D eigenvalue weighted by molar-refractivity contribution is 0.0941. The summed E-state index contributed by atoms with van der Waals surface area (Å²) in [6.45, 7) is 3.92. The Morgan fingerprint density at radius 3 is 2.48 bits per heavy atom. The zero-order valence-corrected chi connectivity index (χ0v) is 14.5. The SMILES string of the molecule is COc1ccc2c(c1)c(C(=O)NCc1ccc(C)cc1)cn2C(C)=O. The molecule has 0 atom stereocenters. The van der Waals surface area contributed by atoms with Gasteiger partial charge in [0.2, 0.25) is 5.91 Å². The number of nitrogens with zero attached hydrogens (tertiary/aromatic N) is 1. The minimum absolute atomic E-state index is 0.146. The molecule has 0 bridgehead atoms. The van der Waals surface area contributed by atoms with Crippen molar-refractivity contribution in [3.8, 4) is 5.75 Å². The van der Waals surface area contributed by atoms with Crippen LogP contribution in [0.3, 0.4) is 0 Å². The number of nitrogens with one attached hydrogen (secondary N) is 1. The van der Waals surface area contributed by atoms with Crippen molar-refractivity contribution in [3.63, 3.8) is 0 Å². The molecule has 1 N–H and O–H groups in total. The fraction of sp³-hybridized carbons (Fsp3) is 0.200. The number of ether oxygens (including phenoxy) is 1. The number of methoxy groups -OCH3 is 1. The first kappa shape index (κ1) is 16.8. The molecule has 3 aromatic rings. The van der Waals surface area contributed by atoms with Crippen molar-refractivity contribution in [1.29, 1.82) is 0 Å². The Bertz CT molecular complexity index is 939. The summed E-state index contributed by atoms with van der Waals surface area (Å²) in [4.78, 5) is 24.5. The summed E-state index contributed by atoms with van der Waals surface area (Å²) < 4.78 is 6.72. The molecule has 1 aromatic heterocycles. The molecule has 5 nitrogen and oxygen atoms in total. The van der Waals surface area contributed by atoms with E-state index in [0.29, 0.717) is 28.8 Å². The maximum absolute atomic E-state index is 12.7. The lowest BCUT2D eigenvalue weighted by Crippen LogP contribution is -2.22. The number of benzene rings is 2.